The fraction of sp³-hybridized carbons (Fsp3) is 0.500. The molecule has 1 N–H and O–H groups in total. The quantitative estimate of drug-likeness (QED) is 0.474. The highest BCUT2D eigenvalue weighted by atomic mass is 16.5. The molecule has 0 aliphatic carbocycles. The molecule has 1 aromatic carbocycles. The fourth-order valence-electron chi connectivity index (χ4n) is 1.48. The SMILES string of the molecule is CCOCCNC(=NCc1ccccc1)N(C)C. The summed E-state index contributed by atoms with van der Waals surface area (Å²) in [6.45, 7) is 4.92. The van der Waals surface area contributed by atoms with Crippen molar-refractivity contribution in [3.05, 3.63) is 35.9 Å². The third-order valence-corrected chi connectivity index (χ3v) is 2.41. The van der Waals surface area contributed by atoms with Crippen LogP contribution in [0.25, 0.3) is 0 Å². The van der Waals surface area contributed by atoms with Gasteiger partial charge in [0.1, 0.15) is 0 Å². The zero-order valence-corrected chi connectivity index (χ0v) is 11.5. The van der Waals surface area contributed by atoms with Crippen LogP contribution < -0.4 is 5.32 Å². The van der Waals surface area contributed by atoms with E-state index in [1.807, 2.05) is 44.1 Å². The van der Waals surface area contributed by atoms with E-state index >= 15 is 0 Å². The maximum Gasteiger partial charge on any atom is 0.193 e. The number of ether oxygens (including phenoxy) is 1. The van der Waals surface area contributed by atoms with E-state index in [0.29, 0.717) is 13.2 Å². The highest BCUT2D eigenvalue weighted by molar-refractivity contribution is 5.79. The number of benzene rings is 1. The van der Waals surface area contributed by atoms with Crippen molar-refractivity contribution in [3.8, 4) is 0 Å². The first-order valence-corrected chi connectivity index (χ1v) is 6.31. The van der Waals surface area contributed by atoms with Crippen molar-refractivity contribution in [1.29, 1.82) is 0 Å². The lowest BCUT2D eigenvalue weighted by molar-refractivity contribution is 0.152. The highest BCUT2D eigenvalue weighted by Gasteiger charge is 2.00. The van der Waals surface area contributed by atoms with Crippen LogP contribution in [0.2, 0.25) is 0 Å². The van der Waals surface area contributed by atoms with E-state index in [2.05, 4.69) is 22.4 Å². The maximum atomic E-state index is 5.29. The van der Waals surface area contributed by atoms with Crippen molar-refractivity contribution >= 4 is 5.96 Å². The van der Waals surface area contributed by atoms with Gasteiger partial charge >= 0.3 is 0 Å². The second-order valence-corrected chi connectivity index (χ2v) is 4.14. The molecule has 0 radical (unpaired) electrons. The lowest BCUT2D eigenvalue weighted by atomic mass is 10.2. The molecule has 0 aliphatic heterocycles. The zero-order chi connectivity index (χ0) is 13.2. The average molecular weight is 249 g/mol. The molecular weight excluding hydrogens is 226 g/mol. The number of nitrogens with zero attached hydrogens (tertiary/aromatic N) is 2. The summed E-state index contributed by atoms with van der Waals surface area (Å²) in [6, 6.07) is 10.2. The number of aliphatic imine (C=N–C) groups is 1. The predicted octanol–water partition coefficient (Wildman–Crippen LogP) is 1.73. The van der Waals surface area contributed by atoms with E-state index < -0.39 is 0 Å². The third-order valence-electron chi connectivity index (χ3n) is 2.41. The predicted molar refractivity (Wildman–Crippen MR) is 75.8 cm³/mol. The van der Waals surface area contributed by atoms with Crippen molar-refractivity contribution in [1.82, 2.24) is 10.2 Å². The van der Waals surface area contributed by atoms with E-state index in [4.69, 9.17) is 4.74 Å². The molecular formula is C14H23N3O. The first kappa shape index (κ1) is 14.5. The number of guanidine groups is 1. The minimum Gasteiger partial charge on any atom is -0.380 e. The fourth-order valence-corrected chi connectivity index (χ4v) is 1.48. The maximum absolute atomic E-state index is 5.29. The Kier molecular flexibility index (Phi) is 6.87. The van der Waals surface area contributed by atoms with E-state index in [0.717, 1.165) is 19.1 Å². The Morgan fingerprint density at radius 3 is 2.61 bits per heavy atom. The Labute approximate surface area is 110 Å². The summed E-state index contributed by atoms with van der Waals surface area (Å²) in [6.07, 6.45) is 0. The second-order valence-electron chi connectivity index (χ2n) is 4.14. The molecule has 18 heavy (non-hydrogen) atoms. The average Bonchev–Trinajstić information content (AvgIpc) is 2.38. The molecule has 0 atom stereocenters. The standard InChI is InChI=1S/C14H23N3O/c1-4-18-11-10-15-14(17(2)3)16-12-13-8-6-5-7-9-13/h5-9H,4,10-12H2,1-3H3,(H,15,16). The van der Waals surface area contributed by atoms with Gasteiger partial charge in [0, 0.05) is 27.2 Å². The molecule has 0 unspecified atom stereocenters. The summed E-state index contributed by atoms with van der Waals surface area (Å²) in [4.78, 5) is 6.55. The van der Waals surface area contributed by atoms with Gasteiger partial charge in [-0.2, -0.15) is 0 Å². The molecule has 0 aromatic heterocycles. The van der Waals surface area contributed by atoms with Crippen molar-refractivity contribution in [2.45, 2.75) is 13.5 Å². The summed E-state index contributed by atoms with van der Waals surface area (Å²) in [5, 5.41) is 3.28. The Morgan fingerprint density at radius 1 is 1.28 bits per heavy atom. The molecule has 4 nitrogen and oxygen atoms in total. The summed E-state index contributed by atoms with van der Waals surface area (Å²) >= 11 is 0. The van der Waals surface area contributed by atoms with Gasteiger partial charge in [-0.3, -0.25) is 0 Å². The minimum absolute atomic E-state index is 0.690. The molecule has 0 saturated heterocycles. The van der Waals surface area contributed by atoms with Crippen LogP contribution in [-0.2, 0) is 11.3 Å². The van der Waals surface area contributed by atoms with Gasteiger partial charge < -0.3 is 15.0 Å². The third kappa shape index (κ3) is 5.68. The molecule has 0 saturated carbocycles. The van der Waals surface area contributed by atoms with Crippen LogP contribution in [0, 0.1) is 0 Å². The Bertz CT molecular complexity index is 349. The summed E-state index contributed by atoms with van der Waals surface area (Å²) in [7, 11) is 3.97. The molecule has 0 aliphatic rings. The van der Waals surface area contributed by atoms with Crippen molar-refractivity contribution in [3.63, 3.8) is 0 Å². The minimum atomic E-state index is 0.690. The second kappa shape index (κ2) is 8.53. The van der Waals surface area contributed by atoms with E-state index in [1.54, 1.807) is 0 Å². The smallest absolute Gasteiger partial charge is 0.193 e. The topological polar surface area (TPSA) is 36.9 Å². The molecule has 4 heteroatoms. The Morgan fingerprint density at radius 2 is 2.00 bits per heavy atom. The molecule has 0 amide bonds. The van der Waals surface area contributed by atoms with Crippen molar-refractivity contribution < 1.29 is 4.74 Å². The normalized spacial score (nSPS) is 11.4. The first-order valence-electron chi connectivity index (χ1n) is 6.31. The van der Waals surface area contributed by atoms with Crippen molar-refractivity contribution in [2.75, 3.05) is 33.9 Å². The number of hydrogen-bond donors (Lipinski definition) is 1. The molecule has 1 aromatic rings. The lowest BCUT2D eigenvalue weighted by Gasteiger charge is -2.17. The number of rotatable bonds is 6. The van der Waals surface area contributed by atoms with Gasteiger partial charge in [-0.1, -0.05) is 30.3 Å². The highest BCUT2D eigenvalue weighted by Crippen LogP contribution is 2.00. The molecule has 0 bridgehead atoms. The van der Waals surface area contributed by atoms with Gasteiger partial charge in [0.2, 0.25) is 0 Å². The Hall–Kier alpha value is -1.55. The van der Waals surface area contributed by atoms with E-state index in [1.165, 1.54) is 5.56 Å². The number of hydrogen-bond acceptors (Lipinski definition) is 2. The Balaban J connectivity index is 2.45. The summed E-state index contributed by atoms with van der Waals surface area (Å²) in [5.74, 6) is 0.888. The molecule has 0 heterocycles. The first-order chi connectivity index (χ1) is 8.74. The monoisotopic (exact) mass is 249 g/mol. The molecule has 0 fully saturated rings. The van der Waals surface area contributed by atoms with Gasteiger partial charge in [-0.05, 0) is 12.5 Å². The van der Waals surface area contributed by atoms with Gasteiger partial charge in [0.25, 0.3) is 0 Å². The van der Waals surface area contributed by atoms with Gasteiger partial charge in [0.05, 0.1) is 13.2 Å². The van der Waals surface area contributed by atoms with Gasteiger partial charge in [-0.25, -0.2) is 4.99 Å². The van der Waals surface area contributed by atoms with E-state index in [9.17, 15) is 0 Å². The molecule has 100 valence electrons. The van der Waals surface area contributed by atoms with Gasteiger partial charge in [-0.15, -0.1) is 0 Å². The van der Waals surface area contributed by atoms with Crippen LogP contribution in [0.5, 0.6) is 0 Å². The van der Waals surface area contributed by atoms with Gasteiger partial charge in [0.15, 0.2) is 5.96 Å². The van der Waals surface area contributed by atoms with Crippen LogP contribution >= 0.6 is 0 Å². The van der Waals surface area contributed by atoms with Crippen LogP contribution in [0.1, 0.15) is 12.5 Å². The lowest BCUT2D eigenvalue weighted by Crippen LogP contribution is -2.38. The van der Waals surface area contributed by atoms with Crippen molar-refractivity contribution in [2.24, 2.45) is 4.99 Å². The zero-order valence-electron chi connectivity index (χ0n) is 11.5. The summed E-state index contributed by atoms with van der Waals surface area (Å²) < 4.78 is 5.29. The van der Waals surface area contributed by atoms with Crippen LogP contribution in [-0.4, -0.2) is 44.7 Å². The molecule has 1 rings (SSSR count). The van der Waals surface area contributed by atoms with Crippen LogP contribution in [0.3, 0.4) is 0 Å². The number of nitrogens with one attached hydrogen (secondary N) is 1. The van der Waals surface area contributed by atoms with Crippen LogP contribution in [0.15, 0.2) is 35.3 Å². The molecule has 0 spiro atoms. The van der Waals surface area contributed by atoms with Crippen LogP contribution in [0.4, 0.5) is 0 Å². The largest absolute Gasteiger partial charge is 0.380 e. The summed E-state index contributed by atoms with van der Waals surface area (Å²) in [5.41, 5.74) is 1.21. The van der Waals surface area contributed by atoms with E-state index in [-0.39, 0.29) is 0 Å².